The van der Waals surface area contributed by atoms with E-state index in [4.69, 9.17) is 11.6 Å². The van der Waals surface area contributed by atoms with Crippen LogP contribution in [0.25, 0.3) is 0 Å². The first-order valence-corrected chi connectivity index (χ1v) is 3.10. The fraction of sp³-hybridized carbons (Fsp3) is 0.167. The molecule has 0 atom stereocenters. The molecule has 2 nitrogen and oxygen atoms in total. The third-order valence-electron chi connectivity index (χ3n) is 1.04. The maximum atomic E-state index is 12.3. The summed E-state index contributed by atoms with van der Waals surface area (Å²) in [4.78, 5) is 3.68. The van der Waals surface area contributed by atoms with Crippen molar-refractivity contribution in [1.82, 2.24) is 4.98 Å². The van der Waals surface area contributed by atoms with Crippen LogP contribution in [0.15, 0.2) is 12.3 Å². The van der Waals surface area contributed by atoms with Crippen molar-refractivity contribution in [1.29, 1.82) is 0 Å². The Hall–Kier alpha value is -0.830. The Bertz CT molecular complexity index is 239. The first kappa shape index (κ1) is 7.28. The Kier molecular flexibility index (Phi) is 2.06. The van der Waals surface area contributed by atoms with Crippen LogP contribution in [0.2, 0.25) is 5.02 Å². The van der Waals surface area contributed by atoms with Gasteiger partial charge in [0, 0.05) is 7.05 Å². The number of anilines is 1. The molecule has 1 rings (SSSR count). The molecule has 1 N–H and O–H groups in total. The minimum Gasteiger partial charge on any atom is -0.372 e. The molecule has 0 aliphatic carbocycles. The van der Waals surface area contributed by atoms with Crippen molar-refractivity contribution in [2.24, 2.45) is 0 Å². The van der Waals surface area contributed by atoms with Crippen molar-refractivity contribution < 1.29 is 4.39 Å². The molecular weight excluding hydrogens is 155 g/mol. The lowest BCUT2D eigenvalue weighted by Gasteiger charge is -1.99. The minimum absolute atomic E-state index is 0.294. The standard InChI is InChI=1S/C6H6ClFN2/c1-9-6-5(7)2-4(8)3-10-6/h2-3H,1H3,(H,9,10). The molecule has 0 saturated heterocycles. The Balaban J connectivity index is 3.07. The maximum absolute atomic E-state index is 12.3. The summed E-state index contributed by atoms with van der Waals surface area (Å²) in [6, 6.07) is 1.21. The van der Waals surface area contributed by atoms with Gasteiger partial charge in [0.2, 0.25) is 0 Å². The molecule has 0 bridgehead atoms. The van der Waals surface area contributed by atoms with Gasteiger partial charge in [0.05, 0.1) is 11.2 Å². The van der Waals surface area contributed by atoms with Gasteiger partial charge in [-0.15, -0.1) is 0 Å². The lowest BCUT2D eigenvalue weighted by Crippen LogP contribution is -1.93. The van der Waals surface area contributed by atoms with E-state index in [0.717, 1.165) is 6.20 Å². The van der Waals surface area contributed by atoms with Crippen LogP contribution in [0.5, 0.6) is 0 Å². The number of pyridine rings is 1. The molecule has 10 heavy (non-hydrogen) atoms. The highest BCUT2D eigenvalue weighted by Crippen LogP contribution is 2.17. The molecule has 54 valence electrons. The molecule has 0 radical (unpaired) electrons. The summed E-state index contributed by atoms with van der Waals surface area (Å²) in [5, 5.41) is 3.01. The van der Waals surface area contributed by atoms with Crippen LogP contribution in [0.3, 0.4) is 0 Å². The molecule has 0 unspecified atom stereocenters. The van der Waals surface area contributed by atoms with Crippen molar-refractivity contribution in [3.8, 4) is 0 Å². The Morgan fingerprint density at radius 2 is 2.40 bits per heavy atom. The van der Waals surface area contributed by atoms with Gasteiger partial charge in [-0.3, -0.25) is 0 Å². The quantitative estimate of drug-likeness (QED) is 0.679. The lowest BCUT2D eigenvalue weighted by molar-refractivity contribution is 0.622. The average molecular weight is 161 g/mol. The van der Waals surface area contributed by atoms with Gasteiger partial charge in [-0.2, -0.15) is 0 Å². The maximum Gasteiger partial charge on any atom is 0.144 e. The summed E-state index contributed by atoms with van der Waals surface area (Å²) < 4.78 is 12.3. The predicted octanol–water partition coefficient (Wildman–Crippen LogP) is 1.92. The number of hydrogen-bond donors (Lipinski definition) is 1. The van der Waals surface area contributed by atoms with Crippen molar-refractivity contribution in [2.45, 2.75) is 0 Å². The molecule has 0 aromatic carbocycles. The number of nitrogens with zero attached hydrogens (tertiary/aromatic N) is 1. The van der Waals surface area contributed by atoms with Crippen molar-refractivity contribution in [2.75, 3.05) is 12.4 Å². The fourth-order valence-electron chi connectivity index (χ4n) is 0.599. The number of halogens is 2. The van der Waals surface area contributed by atoms with Crippen LogP contribution in [0.1, 0.15) is 0 Å². The van der Waals surface area contributed by atoms with E-state index in [2.05, 4.69) is 10.3 Å². The Morgan fingerprint density at radius 1 is 1.70 bits per heavy atom. The summed E-state index contributed by atoms with van der Waals surface area (Å²) in [6.07, 6.45) is 1.11. The van der Waals surface area contributed by atoms with E-state index in [1.54, 1.807) is 7.05 Å². The Labute approximate surface area is 63.0 Å². The molecule has 0 aliphatic heterocycles. The van der Waals surface area contributed by atoms with E-state index in [1.165, 1.54) is 6.07 Å². The molecule has 4 heteroatoms. The second kappa shape index (κ2) is 2.84. The predicted molar refractivity (Wildman–Crippen MR) is 38.8 cm³/mol. The third kappa shape index (κ3) is 1.36. The van der Waals surface area contributed by atoms with Crippen molar-refractivity contribution in [3.63, 3.8) is 0 Å². The highest BCUT2D eigenvalue weighted by Gasteiger charge is 1.99. The van der Waals surface area contributed by atoms with Gasteiger partial charge < -0.3 is 5.32 Å². The summed E-state index contributed by atoms with van der Waals surface area (Å²) >= 11 is 5.56. The normalized spacial score (nSPS) is 9.50. The zero-order chi connectivity index (χ0) is 7.56. The summed E-state index contributed by atoms with van der Waals surface area (Å²) in [5.74, 6) is 0.0621. The van der Waals surface area contributed by atoms with Crippen molar-refractivity contribution in [3.05, 3.63) is 23.1 Å². The third-order valence-corrected chi connectivity index (χ3v) is 1.33. The van der Waals surface area contributed by atoms with E-state index in [0.29, 0.717) is 10.8 Å². The van der Waals surface area contributed by atoms with E-state index >= 15 is 0 Å². The van der Waals surface area contributed by atoms with E-state index in [-0.39, 0.29) is 0 Å². The zero-order valence-corrected chi connectivity index (χ0v) is 6.11. The summed E-state index contributed by atoms with van der Waals surface area (Å²) in [7, 11) is 1.67. The van der Waals surface area contributed by atoms with Gasteiger partial charge in [0.15, 0.2) is 0 Å². The number of aromatic nitrogens is 1. The molecule has 0 spiro atoms. The molecule has 1 aromatic heterocycles. The topological polar surface area (TPSA) is 24.9 Å². The SMILES string of the molecule is CNc1ncc(F)cc1Cl. The number of rotatable bonds is 1. The first-order valence-electron chi connectivity index (χ1n) is 2.73. The van der Waals surface area contributed by atoms with E-state index in [1.807, 2.05) is 0 Å². The monoisotopic (exact) mass is 160 g/mol. The minimum atomic E-state index is -0.427. The van der Waals surface area contributed by atoms with Gasteiger partial charge in [-0.1, -0.05) is 11.6 Å². The second-order valence-corrected chi connectivity index (χ2v) is 2.14. The first-order chi connectivity index (χ1) is 4.74. The van der Waals surface area contributed by atoms with Gasteiger partial charge in [-0.05, 0) is 6.07 Å². The van der Waals surface area contributed by atoms with E-state index in [9.17, 15) is 4.39 Å². The van der Waals surface area contributed by atoms with Crippen molar-refractivity contribution >= 4 is 17.4 Å². The molecule has 1 heterocycles. The van der Waals surface area contributed by atoms with Gasteiger partial charge in [0.1, 0.15) is 11.6 Å². The largest absolute Gasteiger partial charge is 0.372 e. The smallest absolute Gasteiger partial charge is 0.144 e. The molecule has 0 aliphatic rings. The van der Waals surface area contributed by atoms with Crippen LogP contribution in [-0.2, 0) is 0 Å². The summed E-state index contributed by atoms with van der Waals surface area (Å²) in [5.41, 5.74) is 0. The van der Waals surface area contributed by atoms with Crippen LogP contribution in [-0.4, -0.2) is 12.0 Å². The van der Waals surface area contributed by atoms with Gasteiger partial charge in [-0.25, -0.2) is 9.37 Å². The van der Waals surface area contributed by atoms with E-state index < -0.39 is 5.82 Å². The van der Waals surface area contributed by atoms with Crippen LogP contribution in [0, 0.1) is 5.82 Å². The molecule has 0 saturated carbocycles. The molecule has 0 amide bonds. The highest BCUT2D eigenvalue weighted by molar-refractivity contribution is 6.32. The molecular formula is C6H6ClFN2. The summed E-state index contributed by atoms with van der Waals surface area (Å²) in [6.45, 7) is 0. The Morgan fingerprint density at radius 3 is 2.90 bits per heavy atom. The van der Waals surface area contributed by atoms with Crippen LogP contribution < -0.4 is 5.32 Å². The molecule has 1 aromatic rings. The van der Waals surface area contributed by atoms with Gasteiger partial charge >= 0.3 is 0 Å². The zero-order valence-electron chi connectivity index (χ0n) is 5.36. The lowest BCUT2D eigenvalue weighted by atomic mass is 10.4. The number of hydrogen-bond acceptors (Lipinski definition) is 2. The number of nitrogens with one attached hydrogen (secondary N) is 1. The highest BCUT2D eigenvalue weighted by atomic mass is 35.5. The molecule has 0 fully saturated rings. The van der Waals surface area contributed by atoms with Crippen LogP contribution in [0.4, 0.5) is 10.2 Å². The average Bonchev–Trinajstić information content (AvgIpc) is 1.88. The fourth-order valence-corrected chi connectivity index (χ4v) is 0.846. The van der Waals surface area contributed by atoms with Crippen LogP contribution >= 0.6 is 11.6 Å². The second-order valence-electron chi connectivity index (χ2n) is 1.73. The van der Waals surface area contributed by atoms with Gasteiger partial charge in [0.25, 0.3) is 0 Å².